The van der Waals surface area contributed by atoms with E-state index in [4.69, 9.17) is 5.73 Å². The Hall–Kier alpha value is -1.93. The van der Waals surface area contributed by atoms with Crippen LogP contribution in [0.2, 0.25) is 0 Å². The van der Waals surface area contributed by atoms with E-state index in [2.05, 4.69) is 10.2 Å². The minimum Gasteiger partial charge on any atom is -0.366 e. The molecule has 7 nitrogen and oxygen atoms in total. The van der Waals surface area contributed by atoms with Gasteiger partial charge in [-0.25, -0.2) is 0 Å². The van der Waals surface area contributed by atoms with Crippen molar-refractivity contribution in [3.8, 4) is 0 Å². The monoisotopic (exact) mass is 406 g/mol. The number of amides is 3. The van der Waals surface area contributed by atoms with Crippen molar-refractivity contribution >= 4 is 34.1 Å². The summed E-state index contributed by atoms with van der Waals surface area (Å²) in [4.78, 5) is 41.0. The summed E-state index contributed by atoms with van der Waals surface area (Å²) in [7, 11) is 0. The van der Waals surface area contributed by atoms with Crippen LogP contribution in [0.25, 0.3) is 0 Å². The van der Waals surface area contributed by atoms with E-state index >= 15 is 0 Å². The lowest BCUT2D eigenvalue weighted by Gasteiger charge is -2.36. The zero-order chi connectivity index (χ0) is 20.1. The van der Waals surface area contributed by atoms with Crippen molar-refractivity contribution in [3.63, 3.8) is 0 Å². The summed E-state index contributed by atoms with van der Waals surface area (Å²) < 4.78 is 0. The third-order valence-electron chi connectivity index (χ3n) is 5.89. The van der Waals surface area contributed by atoms with E-state index in [1.807, 2.05) is 11.8 Å². The Balaban J connectivity index is 1.51. The normalized spacial score (nSPS) is 20.4. The van der Waals surface area contributed by atoms with Crippen molar-refractivity contribution in [1.82, 2.24) is 9.80 Å². The van der Waals surface area contributed by atoms with E-state index in [1.54, 1.807) is 11.4 Å². The molecule has 8 heteroatoms. The van der Waals surface area contributed by atoms with Gasteiger partial charge in [-0.3, -0.25) is 19.3 Å². The highest BCUT2D eigenvalue weighted by molar-refractivity contribution is 7.14. The number of carbonyl (C=O) groups excluding carboxylic acids is 3. The Morgan fingerprint density at radius 1 is 1.11 bits per heavy atom. The van der Waals surface area contributed by atoms with E-state index in [1.165, 1.54) is 24.2 Å². The summed E-state index contributed by atoms with van der Waals surface area (Å²) in [6, 6.07) is 1.30. The molecule has 0 spiro atoms. The minimum atomic E-state index is -0.544. The zero-order valence-corrected chi connectivity index (χ0v) is 17.3. The van der Waals surface area contributed by atoms with Crippen molar-refractivity contribution in [2.24, 2.45) is 11.7 Å². The van der Waals surface area contributed by atoms with Crippen LogP contribution >= 0.6 is 11.3 Å². The standard InChI is InChI=1S/C20H30N4O3S/c1-14(18(26)22-19-16(17(21)25)8-13-28-19)23-11-6-15(7-12-23)20(27)24-9-4-2-3-5-10-24/h8,13-15H,2-7,9-12H2,1H3,(H2,21,25)(H,22,26)/t14-/m0/s1. The molecule has 0 saturated carbocycles. The fourth-order valence-electron chi connectivity index (χ4n) is 4.07. The summed E-state index contributed by atoms with van der Waals surface area (Å²) in [5, 5.41) is 5.06. The summed E-state index contributed by atoms with van der Waals surface area (Å²) in [6.07, 6.45) is 6.24. The largest absolute Gasteiger partial charge is 0.366 e. The number of thiophene rings is 1. The Morgan fingerprint density at radius 3 is 2.36 bits per heavy atom. The van der Waals surface area contributed by atoms with Gasteiger partial charge in [0.15, 0.2) is 0 Å². The quantitative estimate of drug-likeness (QED) is 0.784. The van der Waals surface area contributed by atoms with Gasteiger partial charge in [0, 0.05) is 19.0 Å². The Morgan fingerprint density at radius 2 is 1.75 bits per heavy atom. The maximum absolute atomic E-state index is 12.8. The molecule has 3 amide bonds. The topological polar surface area (TPSA) is 95.7 Å². The SMILES string of the molecule is C[C@@H](C(=O)Nc1sccc1C(N)=O)N1CCC(C(=O)N2CCCCCC2)CC1. The van der Waals surface area contributed by atoms with Gasteiger partial charge >= 0.3 is 0 Å². The van der Waals surface area contributed by atoms with Gasteiger partial charge in [0.05, 0.1) is 11.6 Å². The molecule has 1 aromatic heterocycles. The summed E-state index contributed by atoms with van der Waals surface area (Å²) in [6.45, 7) is 5.10. The second-order valence-corrected chi connectivity index (χ2v) is 8.66. The van der Waals surface area contributed by atoms with Gasteiger partial charge in [-0.15, -0.1) is 11.3 Å². The molecule has 0 radical (unpaired) electrons. The highest BCUT2D eigenvalue weighted by atomic mass is 32.1. The van der Waals surface area contributed by atoms with Crippen LogP contribution in [0.3, 0.4) is 0 Å². The predicted molar refractivity (Wildman–Crippen MR) is 110 cm³/mol. The summed E-state index contributed by atoms with van der Waals surface area (Å²) in [5.41, 5.74) is 5.68. The van der Waals surface area contributed by atoms with Crippen molar-refractivity contribution in [2.45, 2.75) is 51.5 Å². The van der Waals surface area contributed by atoms with Crippen molar-refractivity contribution < 1.29 is 14.4 Å². The number of nitrogens with two attached hydrogens (primary N) is 1. The number of carbonyl (C=O) groups is 3. The van der Waals surface area contributed by atoms with Gasteiger partial charge in [0.1, 0.15) is 5.00 Å². The second-order valence-electron chi connectivity index (χ2n) is 7.74. The lowest BCUT2D eigenvalue weighted by atomic mass is 9.94. The van der Waals surface area contributed by atoms with Gasteiger partial charge in [0.2, 0.25) is 11.8 Å². The number of hydrogen-bond acceptors (Lipinski definition) is 5. The average molecular weight is 407 g/mol. The van der Waals surface area contributed by atoms with Gasteiger partial charge in [0.25, 0.3) is 5.91 Å². The molecule has 3 rings (SSSR count). The van der Waals surface area contributed by atoms with E-state index in [9.17, 15) is 14.4 Å². The summed E-state index contributed by atoms with van der Waals surface area (Å²) >= 11 is 1.29. The smallest absolute Gasteiger partial charge is 0.251 e. The van der Waals surface area contributed by atoms with Gasteiger partial charge < -0.3 is 16.0 Å². The first-order chi connectivity index (χ1) is 13.5. The van der Waals surface area contributed by atoms with Crippen LogP contribution in [0.15, 0.2) is 11.4 Å². The number of likely N-dealkylation sites (tertiary alicyclic amines) is 2. The lowest BCUT2D eigenvalue weighted by molar-refractivity contribution is -0.137. The van der Waals surface area contributed by atoms with Crippen molar-refractivity contribution in [2.75, 3.05) is 31.5 Å². The molecule has 2 fully saturated rings. The molecule has 2 aliphatic rings. The lowest BCUT2D eigenvalue weighted by Crippen LogP contribution is -2.48. The number of nitrogens with zero attached hydrogens (tertiary/aromatic N) is 2. The first-order valence-electron chi connectivity index (χ1n) is 10.2. The maximum atomic E-state index is 12.8. The molecule has 2 saturated heterocycles. The van der Waals surface area contributed by atoms with E-state index in [0.717, 1.165) is 51.9 Å². The van der Waals surface area contributed by atoms with E-state index in [-0.39, 0.29) is 17.9 Å². The Bertz CT molecular complexity index is 704. The van der Waals surface area contributed by atoms with Crippen LogP contribution < -0.4 is 11.1 Å². The first kappa shape index (κ1) is 20.8. The molecule has 3 heterocycles. The molecule has 0 unspecified atom stereocenters. The van der Waals surface area contributed by atoms with Gasteiger partial charge in [-0.1, -0.05) is 12.8 Å². The van der Waals surface area contributed by atoms with Crippen molar-refractivity contribution in [1.29, 1.82) is 0 Å². The first-order valence-corrected chi connectivity index (χ1v) is 11.1. The van der Waals surface area contributed by atoms with E-state index in [0.29, 0.717) is 16.5 Å². The van der Waals surface area contributed by atoms with Gasteiger partial charge in [-0.2, -0.15) is 0 Å². The number of rotatable bonds is 5. The predicted octanol–water partition coefficient (Wildman–Crippen LogP) is 2.29. The number of hydrogen-bond donors (Lipinski definition) is 2. The minimum absolute atomic E-state index is 0.0726. The average Bonchev–Trinajstić information content (AvgIpc) is 2.99. The van der Waals surface area contributed by atoms with Crippen LogP contribution in [0.5, 0.6) is 0 Å². The molecule has 3 N–H and O–H groups in total. The number of anilines is 1. The van der Waals surface area contributed by atoms with Crippen LogP contribution in [-0.4, -0.2) is 59.7 Å². The molecule has 0 aliphatic carbocycles. The van der Waals surface area contributed by atoms with Crippen LogP contribution in [-0.2, 0) is 9.59 Å². The molecule has 154 valence electrons. The van der Waals surface area contributed by atoms with Crippen molar-refractivity contribution in [3.05, 3.63) is 17.0 Å². The molecule has 0 bridgehead atoms. The zero-order valence-electron chi connectivity index (χ0n) is 16.5. The highest BCUT2D eigenvalue weighted by Gasteiger charge is 2.32. The molecule has 2 aliphatic heterocycles. The number of nitrogens with one attached hydrogen (secondary N) is 1. The molecular weight excluding hydrogens is 376 g/mol. The molecule has 28 heavy (non-hydrogen) atoms. The fourth-order valence-corrected chi connectivity index (χ4v) is 4.86. The molecule has 1 atom stereocenters. The molecule has 0 aromatic carbocycles. The third kappa shape index (κ3) is 4.91. The van der Waals surface area contributed by atoms with Crippen LogP contribution in [0.1, 0.15) is 55.8 Å². The Kier molecular flexibility index (Phi) is 7.07. The Labute approximate surface area is 170 Å². The highest BCUT2D eigenvalue weighted by Crippen LogP contribution is 2.25. The number of piperidine rings is 1. The number of primary amides is 1. The second kappa shape index (κ2) is 9.52. The molecular formula is C20H30N4O3S. The van der Waals surface area contributed by atoms with Crippen LogP contribution in [0.4, 0.5) is 5.00 Å². The van der Waals surface area contributed by atoms with E-state index < -0.39 is 5.91 Å². The van der Waals surface area contributed by atoms with Crippen LogP contribution in [0, 0.1) is 5.92 Å². The molecule has 1 aromatic rings. The summed E-state index contributed by atoms with van der Waals surface area (Å²) in [5.74, 6) is -0.328. The maximum Gasteiger partial charge on any atom is 0.251 e. The fraction of sp³-hybridized carbons (Fsp3) is 0.650. The van der Waals surface area contributed by atoms with Gasteiger partial charge in [-0.05, 0) is 57.1 Å². The third-order valence-corrected chi connectivity index (χ3v) is 6.72.